The van der Waals surface area contributed by atoms with E-state index in [0.717, 1.165) is 67.5 Å². The van der Waals surface area contributed by atoms with Crippen molar-refractivity contribution in [3.63, 3.8) is 0 Å². The predicted octanol–water partition coefficient (Wildman–Crippen LogP) is 8.44. The minimum atomic E-state index is 0. The van der Waals surface area contributed by atoms with Gasteiger partial charge in [-0.2, -0.15) is 26.1 Å². The Labute approximate surface area is 789 Å². The van der Waals surface area contributed by atoms with E-state index in [-0.39, 0.29) is 172 Å². The normalized spacial score (nSPS) is 15.6. The molecule has 5 aromatic heterocycles. The molecule has 121 heavy (non-hydrogen) atoms. The number of rotatable bonds is 25. The van der Waals surface area contributed by atoms with Crippen LogP contribution in [0.1, 0.15) is 106 Å². The number of aromatic nitrogens is 20. The number of anilines is 10. The van der Waals surface area contributed by atoms with Gasteiger partial charge in [-0.3, -0.25) is 25.5 Å². The van der Waals surface area contributed by atoms with E-state index in [1.54, 1.807) is 0 Å². The summed E-state index contributed by atoms with van der Waals surface area (Å²) in [5.41, 5.74) is 5.71. The molecule has 0 radical (unpaired) electrons. The van der Waals surface area contributed by atoms with E-state index in [9.17, 15) is 0 Å². The average Bonchev–Trinajstić information content (AvgIpc) is 1.79. The number of hydrogen-bond donors (Lipinski definition) is 0. The van der Waals surface area contributed by atoms with Crippen molar-refractivity contribution in [1.29, 1.82) is 0 Å². The second-order valence-electron chi connectivity index (χ2n) is 29.7. The van der Waals surface area contributed by atoms with Gasteiger partial charge in [-0.05, 0) is 147 Å². The summed E-state index contributed by atoms with van der Waals surface area (Å²) in [5.74, 6) is 2.66. The summed E-state index contributed by atoms with van der Waals surface area (Å²) in [5, 5.41) is 76.6. The van der Waals surface area contributed by atoms with Gasteiger partial charge in [0.1, 0.15) is 0 Å². The van der Waals surface area contributed by atoms with E-state index >= 15 is 0 Å². The van der Waals surface area contributed by atoms with Crippen molar-refractivity contribution in [2.24, 2.45) is 0 Å². The molecule has 15 rings (SSSR count). The second-order valence-corrected chi connectivity index (χ2v) is 29.7. The zero-order valence-corrected chi connectivity index (χ0v) is 79.6. The van der Waals surface area contributed by atoms with E-state index in [4.69, 9.17) is 0 Å². The fourth-order valence-electron chi connectivity index (χ4n) is 15.7. The summed E-state index contributed by atoms with van der Waals surface area (Å²) in [6.07, 6.45) is 12.0. The first-order valence-corrected chi connectivity index (χ1v) is 41.1. The van der Waals surface area contributed by atoms with Gasteiger partial charge in [0.05, 0.1) is 29.7 Å². The molecule has 5 aliphatic rings. The van der Waals surface area contributed by atoms with Crippen LogP contribution in [0.5, 0.6) is 0 Å². The van der Waals surface area contributed by atoms with E-state index in [1.807, 2.05) is 85.3 Å². The van der Waals surface area contributed by atoms with Crippen molar-refractivity contribution < 1.29 is 102 Å². The minimum Gasteiger partial charge on any atom is -0.559 e. The van der Waals surface area contributed by atoms with Crippen molar-refractivity contribution in [1.82, 2.24) is 127 Å². The van der Waals surface area contributed by atoms with E-state index in [2.05, 4.69) is 384 Å². The third-order valence-electron chi connectivity index (χ3n) is 22.1. The molecule has 0 amide bonds. The molecule has 0 saturated carbocycles. The molecule has 0 atom stereocenters. The van der Waals surface area contributed by atoms with Gasteiger partial charge in [0, 0.05) is 0 Å². The molecule has 0 bridgehead atoms. The summed E-state index contributed by atoms with van der Waals surface area (Å²) in [7, 11) is 0. The summed E-state index contributed by atoms with van der Waals surface area (Å²) >= 11 is 0. The molecule has 50 heteroatoms. The fraction of sp³-hybridized carbons (Fsp3) is 0.437. The predicted molar refractivity (Wildman–Crippen MR) is 473 cm³/mol. The number of tetrazole rings is 5. The largest absolute Gasteiger partial charge is 2.00 e. The van der Waals surface area contributed by atoms with Gasteiger partial charge in [0.2, 0.25) is 34.9 Å². The quantitative estimate of drug-likeness (QED) is 0.0294. The van der Waals surface area contributed by atoms with Gasteiger partial charge in [0.15, 0.2) is 0 Å². The maximum atomic E-state index is 4.06. The molecular weight excluding hydrogens is 1980 g/mol. The summed E-state index contributed by atoms with van der Waals surface area (Å²) < 4.78 is 12.2. The Morgan fingerprint density at radius 2 is 0.463 bits per heavy atom. The Balaban J connectivity index is 0.000000232. The molecule has 5 saturated heterocycles. The van der Waals surface area contributed by atoms with Crippen molar-refractivity contribution in [2.45, 2.75) is 180 Å². The average molecular weight is 2090 g/mol. The van der Waals surface area contributed by atoms with E-state index < -0.39 is 0 Å². The Kier molecular flexibility index (Phi) is 44.5. The van der Waals surface area contributed by atoms with E-state index in [1.165, 1.54) is 51.4 Å². The molecule has 5 aromatic carbocycles. The van der Waals surface area contributed by atoms with Crippen LogP contribution in [0.2, 0.25) is 68.2 Å². The first-order valence-electron chi connectivity index (χ1n) is 41.1. The van der Waals surface area contributed by atoms with Crippen molar-refractivity contribution in [3.8, 4) is 0 Å². The van der Waals surface area contributed by atoms with Crippen LogP contribution in [-0.4, -0.2) is 203 Å². The molecule has 35 nitrogen and oxygen atoms in total. The number of unbranched alkanes of at least 4 members (excludes halogenated alkanes) is 6. The first kappa shape index (κ1) is 103. The SMILES string of the molecule is CB1N(c2ccccc2)[CH-]N(c2nnn[n-]2)B(C)N1C(C)C.CCCCCCN1B(C)N(c2ccccc2)[CH-]N(c2nnn[n-]2)B1C.CCCCCN1B(C)N(c2ccccc2)[CH-]N(c2nnn[n-]2)B1C.CCCCN1B(C)N(c2ccccc2)[CH-]N(c2nnn[n-]2)B1C.CCCN1B(C)N(c2ccccc2)[CH-]N(c2nnn[n-]2)B1C.[Pd+2].[Pd+2].[Pd+2].[Pd+2].[Pd+2]. The van der Waals surface area contributed by atoms with Gasteiger partial charge in [-0.25, -0.2) is 58.8 Å². The Hall–Kier alpha value is -6.79. The van der Waals surface area contributed by atoms with Gasteiger partial charge in [0.25, 0.3) is 34.9 Å². The molecule has 5 aliphatic heterocycles. The van der Waals surface area contributed by atoms with Crippen molar-refractivity contribution in [3.05, 3.63) is 185 Å². The van der Waals surface area contributed by atoms with Crippen LogP contribution in [0, 0.1) is 33.3 Å². The van der Waals surface area contributed by atoms with Crippen LogP contribution in [0.4, 0.5) is 58.2 Å². The monoisotopic (exact) mass is 2090 g/mol. The molecule has 5 fully saturated rings. The number of benzene rings is 5. The topological polar surface area (TPSA) is 312 Å². The zero-order valence-electron chi connectivity index (χ0n) is 71.8. The fourth-order valence-corrected chi connectivity index (χ4v) is 15.7. The molecule has 0 unspecified atom stereocenters. The molecule has 10 heterocycles. The Bertz CT molecular complexity index is 4290. The Morgan fingerprint density at radius 1 is 0.256 bits per heavy atom. The van der Waals surface area contributed by atoms with Gasteiger partial charge < -0.3 is 71.7 Å². The number of para-hydroxylation sites is 5. The van der Waals surface area contributed by atoms with Crippen LogP contribution >= 0.6 is 0 Å². The summed E-state index contributed by atoms with van der Waals surface area (Å²) in [6.45, 7) is 51.6. The van der Waals surface area contributed by atoms with Gasteiger partial charge in [-0.15, -0.1) is 26.1 Å². The molecule has 646 valence electrons. The van der Waals surface area contributed by atoms with Crippen LogP contribution in [0.3, 0.4) is 0 Å². The van der Waals surface area contributed by atoms with Crippen LogP contribution < -0.4 is 73.6 Å². The zero-order chi connectivity index (χ0) is 82.0. The maximum Gasteiger partial charge on any atom is 2.00 e. The summed E-state index contributed by atoms with van der Waals surface area (Å²) in [4.78, 5) is 21.3. The molecule has 0 N–H and O–H groups in total. The van der Waals surface area contributed by atoms with Gasteiger partial charge >= 0.3 is 102 Å². The van der Waals surface area contributed by atoms with Crippen molar-refractivity contribution >= 4 is 128 Å². The number of hydrogen-bond acceptors (Lipinski definition) is 30. The minimum absolute atomic E-state index is 0. The Morgan fingerprint density at radius 3 is 0.694 bits per heavy atom. The first-order chi connectivity index (χ1) is 56.5. The molecule has 0 aliphatic carbocycles. The van der Waals surface area contributed by atoms with Crippen LogP contribution in [-0.2, 0) is 102 Å². The van der Waals surface area contributed by atoms with Crippen LogP contribution in [0.25, 0.3) is 0 Å². The van der Waals surface area contributed by atoms with Crippen molar-refractivity contribution in [2.75, 3.05) is 74.3 Å². The number of nitrogens with zero attached hydrogens (tertiary/aromatic N) is 35. The van der Waals surface area contributed by atoms with E-state index in [0.29, 0.717) is 35.8 Å². The third-order valence-corrected chi connectivity index (χ3v) is 22.1. The molecular formula is C71H107B10N35Pd5. The second kappa shape index (κ2) is 52.2. The smallest absolute Gasteiger partial charge is 0.559 e. The summed E-state index contributed by atoms with van der Waals surface area (Å²) in [6, 6.07) is 52.2. The van der Waals surface area contributed by atoms with Gasteiger partial charge in [-0.1, -0.05) is 239 Å². The standard InChI is InChI=1S/C16H25B2N7.C15H23B2N7.C14H21B2N7.2C13H19B2N7.5Pd/c1-4-5-6-10-13-25-17(2)23(15-11-8-7-9-12-15)14-24(18(25)3)16-19-21-22-20-16;1-4-5-9-12-24-16(2)22(14-10-7-6-8-11-14)13-23(17(24)3)15-18-20-21-19-15;1-4-5-11-23-15(2)21(13-9-7-6-8-10-13)12-22(16(23)3)14-17-19-20-18-14;1-11(2)22-14(3)20(12-8-6-5-7-9-12)10-21(15(22)4)13-16-18-19-17-13;1-4-10-22-14(2)20(12-8-6-5-7-9-12)11-21(15(22)3)13-16-18-19-17-13;;;;;/h7-9,11-12,14H,4-6,10,13H2,1-3H3;6-8,10-11,13H,4-5,9,12H2,1-3H3;6-10,12H,4-5,11H2,1-3H3;5-11H,1-4H3;5-9,11H,4,10H2,1-3H3;;;;;/q5*-2;5*+2. The molecule has 0 spiro atoms. The maximum absolute atomic E-state index is 4.06. The third kappa shape index (κ3) is 26.4. The molecule has 10 aromatic rings. The van der Waals surface area contributed by atoms with Crippen LogP contribution in [0.15, 0.2) is 152 Å².